The number of carbonyl (C=O) groups is 1. The molecule has 3 heterocycles. The lowest BCUT2D eigenvalue weighted by Crippen LogP contribution is -2.62. The maximum absolute atomic E-state index is 13.4. The monoisotopic (exact) mass is 447 g/mol. The molecule has 1 aromatic carbocycles. The van der Waals surface area contributed by atoms with Crippen LogP contribution in [0.2, 0.25) is 0 Å². The Morgan fingerprint density at radius 2 is 2.12 bits per heavy atom. The SMILES string of the molecule is CC/C=C1\CC2C(OC)Nc3ccc(O[C@@H]4O[C@@H](C)[C@H](NC)[C@@H](O)[C@H]4O)cc3C(=O)N2C1. The number of hydrogen-bond donors (Lipinski definition) is 4. The van der Waals surface area contributed by atoms with Crippen LogP contribution in [0.25, 0.3) is 0 Å². The highest BCUT2D eigenvalue weighted by molar-refractivity contribution is 6.01. The van der Waals surface area contributed by atoms with E-state index in [-0.39, 0.29) is 24.3 Å². The third-order valence-corrected chi connectivity index (χ3v) is 6.56. The highest BCUT2D eigenvalue weighted by Crippen LogP contribution is 2.36. The van der Waals surface area contributed by atoms with Crippen LogP contribution in [0.4, 0.5) is 5.69 Å². The summed E-state index contributed by atoms with van der Waals surface area (Å²) in [5, 5.41) is 27.2. The zero-order valence-corrected chi connectivity index (χ0v) is 18.9. The minimum absolute atomic E-state index is 0.0972. The minimum Gasteiger partial charge on any atom is -0.462 e. The molecule has 0 radical (unpaired) electrons. The van der Waals surface area contributed by atoms with Gasteiger partial charge in [-0.1, -0.05) is 18.6 Å². The van der Waals surface area contributed by atoms with Crippen molar-refractivity contribution < 1.29 is 29.2 Å². The number of anilines is 1. The van der Waals surface area contributed by atoms with Gasteiger partial charge in [0, 0.05) is 19.3 Å². The molecule has 32 heavy (non-hydrogen) atoms. The van der Waals surface area contributed by atoms with Crippen LogP contribution in [0.15, 0.2) is 29.8 Å². The average Bonchev–Trinajstić information content (AvgIpc) is 3.16. The molecular formula is C23H33N3O6. The van der Waals surface area contributed by atoms with Crippen molar-refractivity contribution in [2.24, 2.45) is 0 Å². The predicted molar refractivity (Wildman–Crippen MR) is 119 cm³/mol. The van der Waals surface area contributed by atoms with Crippen LogP contribution in [-0.2, 0) is 9.47 Å². The molecular weight excluding hydrogens is 414 g/mol. The molecule has 3 aliphatic heterocycles. The molecule has 1 amide bonds. The Bertz CT molecular complexity index is 877. The van der Waals surface area contributed by atoms with E-state index in [1.807, 2.05) is 4.90 Å². The number of carbonyl (C=O) groups excluding carboxylic acids is 1. The number of likely N-dealkylation sites (N-methyl/N-ethyl adjacent to an activating group) is 1. The summed E-state index contributed by atoms with van der Waals surface area (Å²) < 4.78 is 17.3. The molecule has 4 N–H and O–H groups in total. The summed E-state index contributed by atoms with van der Waals surface area (Å²) in [6.45, 7) is 4.46. The highest BCUT2D eigenvalue weighted by Gasteiger charge is 2.44. The van der Waals surface area contributed by atoms with E-state index in [1.54, 1.807) is 39.3 Å². The van der Waals surface area contributed by atoms with Gasteiger partial charge in [0.25, 0.3) is 5.91 Å². The van der Waals surface area contributed by atoms with Gasteiger partial charge in [0.1, 0.15) is 24.2 Å². The van der Waals surface area contributed by atoms with E-state index in [1.165, 1.54) is 5.57 Å². The maximum Gasteiger partial charge on any atom is 0.256 e. The van der Waals surface area contributed by atoms with Crippen molar-refractivity contribution in [2.45, 2.75) is 69.6 Å². The quantitative estimate of drug-likeness (QED) is 0.496. The van der Waals surface area contributed by atoms with Crippen LogP contribution in [-0.4, -0.2) is 84.6 Å². The second-order valence-corrected chi connectivity index (χ2v) is 8.61. The summed E-state index contributed by atoms with van der Waals surface area (Å²) in [4.78, 5) is 15.3. The molecule has 7 atom stereocenters. The number of ether oxygens (including phenoxy) is 3. The Balaban J connectivity index is 1.58. The number of nitrogens with zero attached hydrogens (tertiary/aromatic N) is 1. The van der Waals surface area contributed by atoms with Crippen molar-refractivity contribution in [3.8, 4) is 5.75 Å². The van der Waals surface area contributed by atoms with E-state index >= 15 is 0 Å². The van der Waals surface area contributed by atoms with E-state index < -0.39 is 24.5 Å². The standard InChI is InChI=1S/C23H33N3O6/c1-5-6-13-9-17-21(30-4)25-16-8-7-14(10-15(16)22(29)26(17)11-13)32-23-20(28)19(27)18(24-3)12(2)31-23/h6-8,10,12,17-21,23-25,27-28H,5,9,11H2,1-4H3/b13-6+/t12-,17?,18-,19+,20+,21?,23-/m0/s1. The minimum atomic E-state index is -1.24. The Kier molecular flexibility index (Phi) is 6.73. The van der Waals surface area contributed by atoms with Gasteiger partial charge in [-0.2, -0.15) is 0 Å². The molecule has 1 aromatic rings. The maximum atomic E-state index is 13.4. The first-order valence-corrected chi connectivity index (χ1v) is 11.2. The van der Waals surface area contributed by atoms with E-state index in [2.05, 4.69) is 23.6 Å². The van der Waals surface area contributed by atoms with Crippen molar-refractivity contribution in [2.75, 3.05) is 26.0 Å². The van der Waals surface area contributed by atoms with Gasteiger partial charge in [-0.25, -0.2) is 0 Å². The van der Waals surface area contributed by atoms with Gasteiger partial charge in [-0.05, 0) is 45.0 Å². The lowest BCUT2D eigenvalue weighted by Gasteiger charge is -2.41. The number of amides is 1. The Morgan fingerprint density at radius 3 is 2.81 bits per heavy atom. The van der Waals surface area contributed by atoms with Gasteiger partial charge in [0.15, 0.2) is 0 Å². The second-order valence-electron chi connectivity index (χ2n) is 8.61. The third kappa shape index (κ3) is 4.11. The third-order valence-electron chi connectivity index (χ3n) is 6.56. The molecule has 2 unspecified atom stereocenters. The number of methoxy groups -OCH3 is 1. The predicted octanol–water partition coefficient (Wildman–Crippen LogP) is 1.07. The number of aliphatic hydroxyl groups is 2. The van der Waals surface area contributed by atoms with E-state index in [0.717, 1.165) is 12.8 Å². The first-order chi connectivity index (χ1) is 15.4. The molecule has 2 fully saturated rings. The van der Waals surface area contributed by atoms with E-state index in [0.29, 0.717) is 23.5 Å². The Labute approximate surface area is 188 Å². The van der Waals surface area contributed by atoms with E-state index in [9.17, 15) is 15.0 Å². The van der Waals surface area contributed by atoms with Gasteiger partial charge in [-0.15, -0.1) is 0 Å². The van der Waals surface area contributed by atoms with E-state index in [4.69, 9.17) is 14.2 Å². The first kappa shape index (κ1) is 23.0. The van der Waals surface area contributed by atoms with Crippen LogP contribution in [0.1, 0.15) is 37.0 Å². The van der Waals surface area contributed by atoms with Gasteiger partial charge in [0.2, 0.25) is 6.29 Å². The van der Waals surface area contributed by atoms with Crippen molar-refractivity contribution in [3.05, 3.63) is 35.4 Å². The van der Waals surface area contributed by atoms with Crippen LogP contribution in [0, 0.1) is 0 Å². The molecule has 0 spiro atoms. The molecule has 9 nitrogen and oxygen atoms in total. The largest absolute Gasteiger partial charge is 0.462 e. The van der Waals surface area contributed by atoms with Crippen molar-refractivity contribution in [3.63, 3.8) is 0 Å². The van der Waals surface area contributed by atoms with Crippen LogP contribution in [0.3, 0.4) is 0 Å². The molecule has 4 rings (SSSR count). The normalized spacial score (nSPS) is 35.8. The molecule has 176 valence electrons. The lowest BCUT2D eigenvalue weighted by atomic mass is 9.97. The van der Waals surface area contributed by atoms with Gasteiger partial charge in [0.05, 0.1) is 23.8 Å². The topological polar surface area (TPSA) is 113 Å². The van der Waals surface area contributed by atoms with Gasteiger partial charge >= 0.3 is 0 Å². The summed E-state index contributed by atoms with van der Waals surface area (Å²) in [5.74, 6) is 0.275. The van der Waals surface area contributed by atoms with Crippen molar-refractivity contribution >= 4 is 11.6 Å². The zero-order chi connectivity index (χ0) is 23.0. The summed E-state index contributed by atoms with van der Waals surface area (Å²) in [5.41, 5.74) is 2.36. The zero-order valence-electron chi connectivity index (χ0n) is 18.9. The fourth-order valence-electron chi connectivity index (χ4n) is 4.89. The number of rotatable bonds is 5. The van der Waals surface area contributed by atoms with Gasteiger partial charge in [-0.3, -0.25) is 4.79 Å². The average molecular weight is 448 g/mol. The molecule has 2 saturated heterocycles. The summed E-state index contributed by atoms with van der Waals surface area (Å²) in [6.07, 6.45) is -0.173. The number of hydrogen-bond acceptors (Lipinski definition) is 8. The molecule has 9 heteroatoms. The number of fused-ring (bicyclic) bond motifs is 2. The van der Waals surface area contributed by atoms with Gasteiger partial charge < -0.3 is 40.0 Å². The van der Waals surface area contributed by atoms with Crippen LogP contribution < -0.4 is 15.4 Å². The number of aliphatic hydroxyl groups excluding tert-OH is 2. The molecule has 0 saturated carbocycles. The molecule has 0 bridgehead atoms. The van der Waals surface area contributed by atoms with Crippen molar-refractivity contribution in [1.29, 1.82) is 0 Å². The summed E-state index contributed by atoms with van der Waals surface area (Å²) in [6, 6.07) is 4.62. The van der Waals surface area contributed by atoms with Crippen LogP contribution >= 0.6 is 0 Å². The van der Waals surface area contributed by atoms with Crippen LogP contribution in [0.5, 0.6) is 5.75 Å². The second kappa shape index (κ2) is 9.36. The number of allylic oxidation sites excluding steroid dienone is 1. The smallest absolute Gasteiger partial charge is 0.256 e. The first-order valence-electron chi connectivity index (χ1n) is 11.2. The number of nitrogens with one attached hydrogen (secondary N) is 2. The fourth-order valence-corrected chi connectivity index (χ4v) is 4.89. The Hall–Kier alpha value is -2.17. The summed E-state index contributed by atoms with van der Waals surface area (Å²) in [7, 11) is 3.34. The molecule has 0 aliphatic carbocycles. The summed E-state index contributed by atoms with van der Waals surface area (Å²) >= 11 is 0. The number of benzene rings is 1. The lowest BCUT2D eigenvalue weighted by molar-refractivity contribution is -0.241. The molecule has 3 aliphatic rings. The fraction of sp³-hybridized carbons (Fsp3) is 0.609. The molecule has 0 aromatic heterocycles. The Morgan fingerprint density at radius 1 is 1.34 bits per heavy atom. The van der Waals surface area contributed by atoms with Crippen molar-refractivity contribution in [1.82, 2.24) is 10.2 Å². The highest BCUT2D eigenvalue weighted by atomic mass is 16.7.